The number of aromatic amines is 2. The number of fused-ring (bicyclic) bond motifs is 6. The summed E-state index contributed by atoms with van der Waals surface area (Å²) in [5, 5.41) is 10.0. The lowest BCUT2D eigenvalue weighted by atomic mass is 9.92. The second kappa shape index (κ2) is 16.7. The summed E-state index contributed by atoms with van der Waals surface area (Å²) in [6, 6.07) is 12.0. The summed E-state index contributed by atoms with van der Waals surface area (Å²) in [7, 11) is 4.31. The van der Waals surface area contributed by atoms with Crippen LogP contribution in [-0.2, 0) is 25.7 Å². The minimum atomic E-state index is -0.932. The Kier molecular flexibility index (Phi) is 11.4. The highest BCUT2D eigenvalue weighted by atomic mass is 16.5. The lowest BCUT2D eigenvalue weighted by molar-refractivity contribution is -0.139. The van der Waals surface area contributed by atoms with Gasteiger partial charge in [0.05, 0.1) is 48.2 Å². The zero-order valence-electron chi connectivity index (χ0n) is 35.9. The molecule has 0 aliphatic carbocycles. The van der Waals surface area contributed by atoms with Gasteiger partial charge in [-0.3, -0.25) is 9.59 Å². The highest BCUT2D eigenvalue weighted by molar-refractivity contribution is 6.07. The van der Waals surface area contributed by atoms with E-state index in [0.717, 1.165) is 74.2 Å². The van der Waals surface area contributed by atoms with Crippen molar-refractivity contribution in [2.45, 2.75) is 96.8 Å². The number of rotatable bonds is 10. The number of imidazole rings is 2. The maximum Gasteiger partial charge on any atom is 0.407 e. The van der Waals surface area contributed by atoms with Crippen LogP contribution in [0.3, 0.4) is 0 Å². The van der Waals surface area contributed by atoms with E-state index in [0.29, 0.717) is 25.4 Å². The molecule has 8 rings (SSSR count). The van der Waals surface area contributed by atoms with Crippen molar-refractivity contribution in [2.24, 2.45) is 11.8 Å². The zero-order valence-corrected chi connectivity index (χ0v) is 35.9. The van der Waals surface area contributed by atoms with E-state index in [1.165, 1.54) is 21.3 Å². The van der Waals surface area contributed by atoms with E-state index in [2.05, 4.69) is 69.2 Å². The Morgan fingerprint density at radius 1 is 0.902 bits per heavy atom. The zero-order chi connectivity index (χ0) is 43.3. The third-order valence-corrected chi connectivity index (χ3v) is 12.6. The molecule has 2 saturated heterocycles. The SMILES string of the molecule is CNC(=O)N[C@H](C(=O)N1C[C@@H](C)C[C@H]1c1ncc(-c2ccc3c(c2)COc2cc4c(ccc5nc([C@@H]6CC[C@H](C)N6C(=O)[C@@H](NC(=O)OC)[C@@H](C)OC)[nH]c54)cc2-3)[nH]1)C(C)C. The number of carbonyl (C=O) groups excluding carboxylic acids is 4. The van der Waals surface area contributed by atoms with Crippen LogP contribution in [0.25, 0.3) is 44.2 Å². The number of alkyl carbamates (subject to hydrolysis) is 1. The third-order valence-electron chi connectivity index (χ3n) is 12.6. The van der Waals surface area contributed by atoms with Crippen LogP contribution in [0, 0.1) is 11.8 Å². The van der Waals surface area contributed by atoms with Crippen molar-refractivity contribution in [3.05, 3.63) is 65.9 Å². The molecule has 5 amide bonds. The Hall–Kier alpha value is -6.16. The highest BCUT2D eigenvalue weighted by Crippen LogP contribution is 2.44. The average Bonchev–Trinajstić information content (AvgIpc) is 4.08. The van der Waals surface area contributed by atoms with E-state index >= 15 is 0 Å². The molecular formula is C45H55N9O7. The van der Waals surface area contributed by atoms with Crippen molar-refractivity contribution in [1.29, 1.82) is 0 Å². The second-order valence-corrected chi connectivity index (χ2v) is 17.0. The van der Waals surface area contributed by atoms with Crippen LogP contribution in [0.5, 0.6) is 5.75 Å². The van der Waals surface area contributed by atoms with Gasteiger partial charge in [0.25, 0.3) is 0 Å². The molecule has 0 saturated carbocycles. The topological polar surface area (TPSA) is 196 Å². The van der Waals surface area contributed by atoms with E-state index < -0.39 is 24.3 Å². The maximum atomic E-state index is 14.0. The molecule has 7 atom stereocenters. The fourth-order valence-electron chi connectivity index (χ4n) is 9.23. The Morgan fingerprint density at radius 3 is 2.44 bits per heavy atom. The largest absolute Gasteiger partial charge is 0.488 e. The van der Waals surface area contributed by atoms with Gasteiger partial charge < -0.3 is 49.9 Å². The van der Waals surface area contributed by atoms with Crippen molar-refractivity contribution >= 4 is 45.7 Å². The van der Waals surface area contributed by atoms with E-state index in [1.54, 1.807) is 11.8 Å². The normalized spacial score (nSPS) is 21.1. The molecule has 5 aromatic rings. The van der Waals surface area contributed by atoms with Gasteiger partial charge in [0, 0.05) is 37.7 Å². The van der Waals surface area contributed by atoms with Crippen LogP contribution in [0.1, 0.15) is 83.2 Å². The molecule has 16 nitrogen and oxygen atoms in total. The number of hydrogen-bond donors (Lipinski definition) is 5. The molecule has 0 radical (unpaired) electrons. The average molecular weight is 834 g/mol. The first-order chi connectivity index (χ1) is 29.3. The van der Waals surface area contributed by atoms with Crippen LogP contribution >= 0.6 is 0 Å². The van der Waals surface area contributed by atoms with Crippen molar-refractivity contribution in [3.63, 3.8) is 0 Å². The number of amides is 5. The number of urea groups is 1. The summed E-state index contributed by atoms with van der Waals surface area (Å²) < 4.78 is 16.7. The molecule has 5 heterocycles. The molecule has 3 aromatic carbocycles. The minimum absolute atomic E-state index is 0.0790. The van der Waals surface area contributed by atoms with Gasteiger partial charge in [-0.1, -0.05) is 39.0 Å². The van der Waals surface area contributed by atoms with Crippen LogP contribution in [0.4, 0.5) is 9.59 Å². The van der Waals surface area contributed by atoms with Gasteiger partial charge in [-0.25, -0.2) is 19.6 Å². The number of aromatic nitrogens is 4. The van der Waals surface area contributed by atoms with Gasteiger partial charge in [-0.15, -0.1) is 0 Å². The molecule has 2 aromatic heterocycles. The van der Waals surface area contributed by atoms with Gasteiger partial charge in [0.15, 0.2) is 0 Å². The molecule has 322 valence electrons. The summed E-state index contributed by atoms with van der Waals surface area (Å²) >= 11 is 0. The molecular weight excluding hydrogens is 779 g/mol. The first-order valence-electron chi connectivity index (χ1n) is 21.1. The smallest absolute Gasteiger partial charge is 0.407 e. The molecule has 2 fully saturated rings. The molecule has 0 spiro atoms. The Morgan fingerprint density at radius 2 is 1.70 bits per heavy atom. The maximum absolute atomic E-state index is 14.0. The predicted molar refractivity (Wildman–Crippen MR) is 229 cm³/mol. The first-order valence-corrected chi connectivity index (χ1v) is 21.1. The third kappa shape index (κ3) is 7.73. The second-order valence-electron chi connectivity index (χ2n) is 17.0. The minimum Gasteiger partial charge on any atom is -0.488 e. The number of methoxy groups -OCH3 is 2. The number of nitrogens with one attached hydrogen (secondary N) is 5. The summed E-state index contributed by atoms with van der Waals surface area (Å²) in [4.78, 5) is 72.8. The van der Waals surface area contributed by atoms with E-state index in [9.17, 15) is 19.2 Å². The van der Waals surface area contributed by atoms with Crippen LogP contribution in [0.15, 0.2) is 48.7 Å². The standard InChI is InChI=1S/C45H55N9O7/c1-22(2)37(51-44(57)46-6)42(55)53-20-23(3)15-35(53)40-47-19-33(49-40)27-10-12-29-28(16-27)21-61-36-18-30-26(17-31(29)36)11-13-32-39(30)50-41(48-32)34-14-9-24(4)54(34)43(56)38(25(5)59-7)52-45(58)60-8/h10-13,16-19,22-25,34-35,37-38H,9,14-15,20-21H2,1-8H3,(H,47,49)(H,48,50)(H,52,58)(H2,46,51,57)/t23-,24-,25+,34-,35-,37-,38-/m0/s1. The lowest BCUT2D eigenvalue weighted by Crippen LogP contribution is -2.55. The summed E-state index contributed by atoms with van der Waals surface area (Å²) in [5.41, 5.74) is 6.55. The van der Waals surface area contributed by atoms with Crippen LogP contribution in [-0.4, -0.2) is 106 Å². The highest BCUT2D eigenvalue weighted by Gasteiger charge is 2.43. The van der Waals surface area contributed by atoms with Gasteiger partial charge in [0.2, 0.25) is 11.8 Å². The molecule has 5 N–H and O–H groups in total. The fourth-order valence-corrected chi connectivity index (χ4v) is 9.23. The van der Waals surface area contributed by atoms with Crippen LogP contribution in [0.2, 0.25) is 0 Å². The van der Waals surface area contributed by atoms with Gasteiger partial charge >= 0.3 is 12.1 Å². The van der Waals surface area contributed by atoms with Crippen molar-refractivity contribution < 1.29 is 33.4 Å². The predicted octanol–water partition coefficient (Wildman–Crippen LogP) is 6.34. The van der Waals surface area contributed by atoms with E-state index in [4.69, 9.17) is 24.2 Å². The fraction of sp³-hybridized carbons (Fsp3) is 0.467. The van der Waals surface area contributed by atoms with Gasteiger partial charge in [0.1, 0.15) is 36.1 Å². The number of H-pyrrole nitrogens is 2. The quantitative estimate of drug-likeness (QED) is 0.107. The Bertz CT molecular complexity index is 2500. The van der Waals surface area contributed by atoms with E-state index in [1.807, 2.05) is 37.9 Å². The van der Waals surface area contributed by atoms with Crippen molar-refractivity contribution in [3.8, 4) is 28.1 Å². The number of nitrogens with zero attached hydrogens (tertiary/aromatic N) is 4. The van der Waals surface area contributed by atoms with Crippen LogP contribution < -0.4 is 20.7 Å². The number of ether oxygens (including phenoxy) is 3. The molecule has 3 aliphatic rings. The number of carbonyl (C=O) groups is 4. The number of likely N-dealkylation sites (tertiary alicyclic amines) is 2. The van der Waals surface area contributed by atoms with Gasteiger partial charge in [-0.05, 0) is 91.3 Å². The molecule has 0 bridgehead atoms. The summed E-state index contributed by atoms with van der Waals surface area (Å²) in [6.45, 7) is 10.7. The first kappa shape index (κ1) is 41.6. The molecule has 61 heavy (non-hydrogen) atoms. The van der Waals surface area contributed by atoms with Crippen molar-refractivity contribution in [2.75, 3.05) is 27.8 Å². The molecule has 0 unspecified atom stereocenters. The summed E-state index contributed by atoms with van der Waals surface area (Å²) in [5.74, 6) is 1.98. The van der Waals surface area contributed by atoms with E-state index in [-0.39, 0.29) is 47.8 Å². The monoisotopic (exact) mass is 833 g/mol. The Balaban J connectivity index is 1.05. The lowest BCUT2D eigenvalue weighted by Gasteiger charge is -2.33. The number of hydrogen-bond acceptors (Lipinski definition) is 9. The molecule has 16 heteroatoms. The molecule has 3 aliphatic heterocycles. The van der Waals surface area contributed by atoms with Gasteiger partial charge in [-0.2, -0.15) is 0 Å². The van der Waals surface area contributed by atoms with Crippen molar-refractivity contribution in [1.82, 2.24) is 45.7 Å². The Labute approximate surface area is 354 Å². The number of benzene rings is 3. The summed E-state index contributed by atoms with van der Waals surface area (Å²) in [6.07, 6.45) is 2.79.